The maximum Gasteiger partial charge on any atom is 0.416 e. The highest BCUT2D eigenvalue weighted by Crippen LogP contribution is 2.37. The lowest BCUT2D eigenvalue weighted by Crippen LogP contribution is -2.23. The highest BCUT2D eigenvalue weighted by atomic mass is 35.5. The molecule has 27 heavy (non-hydrogen) atoms. The summed E-state index contributed by atoms with van der Waals surface area (Å²) in [5.41, 5.74) is 4.70. The summed E-state index contributed by atoms with van der Waals surface area (Å²) in [6, 6.07) is 6.64. The van der Waals surface area contributed by atoms with Crippen LogP contribution in [0.1, 0.15) is 25.3 Å². The molecule has 0 atom stereocenters. The van der Waals surface area contributed by atoms with Crippen molar-refractivity contribution < 1.29 is 22.8 Å². The second-order valence-electron chi connectivity index (χ2n) is 5.59. The van der Waals surface area contributed by atoms with Crippen molar-refractivity contribution in [2.75, 3.05) is 12.0 Å². The maximum atomic E-state index is 12.7. The molecule has 0 heterocycles. The van der Waals surface area contributed by atoms with Crippen LogP contribution in [-0.4, -0.2) is 11.5 Å². The Balaban J connectivity index is 2.22. The molecule has 0 aliphatic carbocycles. The first kappa shape index (κ1) is 20.8. The molecule has 146 valence electrons. The zero-order valence-electron chi connectivity index (χ0n) is 14.3. The van der Waals surface area contributed by atoms with E-state index in [1.54, 1.807) is 0 Å². The molecule has 0 saturated carbocycles. The second-order valence-corrected chi connectivity index (χ2v) is 5.99. The van der Waals surface area contributed by atoms with Crippen LogP contribution in [0.4, 0.5) is 24.5 Å². The number of halogens is 4. The molecule has 0 bridgehead atoms. The molecule has 0 saturated heterocycles. The smallest absolute Gasteiger partial charge is 0.416 e. The van der Waals surface area contributed by atoms with Crippen molar-refractivity contribution in [3.05, 3.63) is 57.1 Å². The topological polar surface area (TPSA) is 76.4 Å². The predicted molar refractivity (Wildman–Crippen MR) is 96.2 cm³/mol. The summed E-state index contributed by atoms with van der Waals surface area (Å²) in [5.74, 6) is 0.186. The van der Waals surface area contributed by atoms with E-state index in [0.717, 1.165) is 31.0 Å². The molecule has 0 aliphatic rings. The molecule has 0 radical (unpaired) electrons. The summed E-state index contributed by atoms with van der Waals surface area (Å²) >= 11 is 5.86. The van der Waals surface area contributed by atoms with Gasteiger partial charge >= 0.3 is 6.18 Å². The number of nitrogens with one attached hydrogen (secondary N) is 2. The van der Waals surface area contributed by atoms with Crippen LogP contribution in [0.25, 0.3) is 0 Å². The summed E-state index contributed by atoms with van der Waals surface area (Å²) in [6.07, 6.45) is -2.69. The van der Waals surface area contributed by atoms with Gasteiger partial charge in [0, 0.05) is 18.7 Å². The molecule has 0 unspecified atom stereocenters. The lowest BCUT2D eigenvalue weighted by Gasteiger charge is -2.13. The lowest BCUT2D eigenvalue weighted by molar-refractivity contribution is -0.384. The van der Waals surface area contributed by atoms with E-state index in [2.05, 4.69) is 10.9 Å². The van der Waals surface area contributed by atoms with Gasteiger partial charge in [-0.1, -0.05) is 24.9 Å². The number of nitro benzene ring substituents is 1. The quantitative estimate of drug-likeness (QED) is 0.332. The van der Waals surface area contributed by atoms with Crippen molar-refractivity contribution in [1.82, 2.24) is 5.43 Å². The Morgan fingerprint density at radius 2 is 1.96 bits per heavy atom. The van der Waals surface area contributed by atoms with Gasteiger partial charge in [-0.15, -0.1) is 0 Å². The zero-order valence-corrected chi connectivity index (χ0v) is 15.0. The number of ether oxygens (including phenoxy) is 1. The van der Waals surface area contributed by atoms with Crippen molar-refractivity contribution in [1.29, 1.82) is 0 Å². The van der Waals surface area contributed by atoms with Crippen molar-refractivity contribution in [3.8, 4) is 11.5 Å². The normalized spacial score (nSPS) is 11.3. The molecule has 0 fully saturated rings. The van der Waals surface area contributed by atoms with Crippen molar-refractivity contribution >= 4 is 23.0 Å². The van der Waals surface area contributed by atoms with Gasteiger partial charge in [0.05, 0.1) is 15.5 Å². The highest BCUT2D eigenvalue weighted by Gasteiger charge is 2.31. The minimum Gasteiger partial charge on any atom is -0.456 e. The number of alkyl halides is 3. The van der Waals surface area contributed by atoms with Crippen LogP contribution in [-0.2, 0) is 6.18 Å². The number of rotatable bonds is 8. The van der Waals surface area contributed by atoms with Gasteiger partial charge in [0.25, 0.3) is 5.69 Å². The van der Waals surface area contributed by atoms with Gasteiger partial charge in [0.15, 0.2) is 0 Å². The first-order chi connectivity index (χ1) is 12.7. The largest absolute Gasteiger partial charge is 0.456 e. The second kappa shape index (κ2) is 8.92. The Morgan fingerprint density at radius 3 is 2.56 bits per heavy atom. The Hall–Kier alpha value is -2.52. The molecule has 2 aromatic rings. The minimum atomic E-state index is -4.52. The van der Waals surface area contributed by atoms with E-state index in [0.29, 0.717) is 6.54 Å². The third-order valence-electron chi connectivity index (χ3n) is 3.53. The molecule has 2 aromatic carbocycles. The Labute approximate surface area is 158 Å². The van der Waals surface area contributed by atoms with Crippen LogP contribution in [0, 0.1) is 10.1 Å². The molecule has 2 rings (SSSR count). The van der Waals surface area contributed by atoms with Crippen molar-refractivity contribution in [3.63, 3.8) is 0 Å². The molecule has 10 heteroatoms. The summed E-state index contributed by atoms with van der Waals surface area (Å²) in [4.78, 5) is 10.6. The van der Waals surface area contributed by atoms with Crippen LogP contribution in [0.5, 0.6) is 11.5 Å². The summed E-state index contributed by atoms with van der Waals surface area (Å²) in [6.45, 7) is 2.61. The Kier molecular flexibility index (Phi) is 6.86. The third-order valence-corrected chi connectivity index (χ3v) is 3.83. The monoisotopic (exact) mass is 403 g/mol. The van der Waals surface area contributed by atoms with Crippen molar-refractivity contribution in [2.24, 2.45) is 0 Å². The Bertz CT molecular complexity index is 816. The van der Waals surface area contributed by atoms with E-state index in [1.165, 1.54) is 18.2 Å². The minimum absolute atomic E-state index is 0.00316. The third kappa shape index (κ3) is 5.73. The predicted octanol–water partition coefficient (Wildman–Crippen LogP) is 5.78. The average molecular weight is 404 g/mol. The SMILES string of the molecule is CCCCNNc1cc(Oc2ccc(C(F)(F)F)cc2Cl)ccc1[N+](=O)[O-]. The maximum absolute atomic E-state index is 12.7. The van der Waals surface area contributed by atoms with E-state index in [9.17, 15) is 23.3 Å². The van der Waals surface area contributed by atoms with Gasteiger partial charge in [0.1, 0.15) is 17.2 Å². The highest BCUT2D eigenvalue weighted by molar-refractivity contribution is 6.32. The molecular weight excluding hydrogens is 387 g/mol. The summed E-state index contributed by atoms with van der Waals surface area (Å²) in [5, 5.41) is 10.9. The number of nitrogens with zero attached hydrogens (tertiary/aromatic N) is 1. The number of nitro groups is 1. The van der Waals surface area contributed by atoms with Gasteiger partial charge < -0.3 is 10.2 Å². The van der Waals surface area contributed by atoms with Gasteiger partial charge in [-0.05, 0) is 30.7 Å². The molecule has 0 amide bonds. The lowest BCUT2D eigenvalue weighted by atomic mass is 10.2. The van der Waals surface area contributed by atoms with E-state index in [-0.39, 0.29) is 27.9 Å². The van der Waals surface area contributed by atoms with E-state index < -0.39 is 16.7 Å². The summed E-state index contributed by atoms with van der Waals surface area (Å²) in [7, 11) is 0. The van der Waals surface area contributed by atoms with Gasteiger partial charge in [-0.2, -0.15) is 13.2 Å². The number of anilines is 1. The standard InChI is InChI=1S/C17H17ClF3N3O3/c1-2-3-8-22-23-14-10-12(5-6-15(14)24(25)26)27-16-7-4-11(9-13(16)18)17(19,20)21/h4-7,9-10,22-23H,2-3,8H2,1H3. The van der Waals surface area contributed by atoms with Crippen LogP contribution in [0.15, 0.2) is 36.4 Å². The fourth-order valence-corrected chi connectivity index (χ4v) is 2.37. The van der Waals surface area contributed by atoms with Gasteiger partial charge in [0.2, 0.25) is 0 Å². The fourth-order valence-electron chi connectivity index (χ4n) is 2.15. The summed E-state index contributed by atoms with van der Waals surface area (Å²) < 4.78 is 43.6. The first-order valence-corrected chi connectivity index (χ1v) is 8.42. The van der Waals surface area contributed by atoms with Crippen LogP contribution in [0.3, 0.4) is 0 Å². The molecule has 2 N–H and O–H groups in total. The molecule has 0 aromatic heterocycles. The van der Waals surface area contributed by atoms with E-state index >= 15 is 0 Å². The van der Waals surface area contributed by atoms with E-state index in [4.69, 9.17) is 16.3 Å². The fraction of sp³-hybridized carbons (Fsp3) is 0.294. The van der Waals surface area contributed by atoms with Crippen LogP contribution < -0.4 is 15.6 Å². The van der Waals surface area contributed by atoms with Crippen LogP contribution >= 0.6 is 11.6 Å². The number of benzene rings is 2. The molecular formula is C17H17ClF3N3O3. The number of hydrogen-bond acceptors (Lipinski definition) is 5. The van der Waals surface area contributed by atoms with Crippen molar-refractivity contribution in [2.45, 2.75) is 25.9 Å². The molecule has 0 spiro atoms. The van der Waals surface area contributed by atoms with E-state index in [1.807, 2.05) is 6.92 Å². The average Bonchev–Trinajstić information content (AvgIpc) is 2.59. The van der Waals surface area contributed by atoms with Gasteiger partial charge in [-0.3, -0.25) is 10.1 Å². The number of hydrazine groups is 1. The first-order valence-electron chi connectivity index (χ1n) is 8.04. The Morgan fingerprint density at radius 1 is 1.22 bits per heavy atom. The van der Waals surface area contributed by atoms with Crippen LogP contribution in [0.2, 0.25) is 5.02 Å². The molecule has 6 nitrogen and oxygen atoms in total. The zero-order chi connectivity index (χ0) is 20.0. The molecule has 0 aliphatic heterocycles. The number of unbranched alkanes of at least 4 members (excludes halogenated alkanes) is 1. The van der Waals surface area contributed by atoms with Gasteiger partial charge in [-0.25, -0.2) is 5.43 Å². The number of hydrogen-bond donors (Lipinski definition) is 2.